The van der Waals surface area contributed by atoms with E-state index in [2.05, 4.69) is 5.32 Å². The normalized spacial score (nSPS) is 10.7. The summed E-state index contributed by atoms with van der Waals surface area (Å²) in [5.41, 5.74) is 0.619. The maximum Gasteiger partial charge on any atom is 1.00 e. The molecular formula is C8H8Cl2NNaO3S. The van der Waals surface area contributed by atoms with Gasteiger partial charge >= 0.3 is 29.6 Å². The first kappa shape index (κ1) is 16.5. The van der Waals surface area contributed by atoms with Gasteiger partial charge in [-0.15, -0.1) is 0 Å². The Morgan fingerprint density at radius 2 is 1.88 bits per heavy atom. The van der Waals surface area contributed by atoms with Gasteiger partial charge < -0.3 is 9.87 Å². The molecule has 1 rings (SSSR count). The van der Waals surface area contributed by atoms with Crippen molar-refractivity contribution in [1.29, 1.82) is 0 Å². The third kappa shape index (κ3) is 6.30. The van der Waals surface area contributed by atoms with Crippen LogP contribution >= 0.6 is 23.2 Å². The van der Waals surface area contributed by atoms with Crippen LogP contribution in [-0.2, 0) is 10.1 Å². The molecular weight excluding hydrogens is 284 g/mol. The third-order valence-corrected chi connectivity index (χ3v) is 3.04. The maximum atomic E-state index is 10.3. The fraction of sp³-hybridized carbons (Fsp3) is 0.250. The van der Waals surface area contributed by atoms with Gasteiger partial charge in [0.05, 0.1) is 25.9 Å². The molecule has 0 aliphatic carbocycles. The zero-order chi connectivity index (χ0) is 11.5. The van der Waals surface area contributed by atoms with Crippen LogP contribution in [0.25, 0.3) is 0 Å². The van der Waals surface area contributed by atoms with E-state index in [0.29, 0.717) is 15.7 Å². The zero-order valence-electron chi connectivity index (χ0n) is 8.54. The molecule has 8 heteroatoms. The Balaban J connectivity index is 0.00000225. The molecule has 0 saturated carbocycles. The smallest absolute Gasteiger partial charge is 0.748 e. The second-order valence-electron chi connectivity index (χ2n) is 2.82. The molecule has 16 heavy (non-hydrogen) atoms. The molecule has 1 N–H and O–H groups in total. The maximum absolute atomic E-state index is 10.3. The van der Waals surface area contributed by atoms with Crippen molar-refractivity contribution < 1.29 is 42.5 Å². The second-order valence-corrected chi connectivity index (χ2v) is 5.16. The van der Waals surface area contributed by atoms with Crippen molar-refractivity contribution in [3.8, 4) is 0 Å². The number of rotatable bonds is 4. The molecule has 84 valence electrons. The topological polar surface area (TPSA) is 69.2 Å². The van der Waals surface area contributed by atoms with E-state index in [0.717, 1.165) is 0 Å². The van der Waals surface area contributed by atoms with Gasteiger partial charge in [-0.1, -0.05) is 23.2 Å². The Morgan fingerprint density at radius 3 is 2.38 bits per heavy atom. The van der Waals surface area contributed by atoms with E-state index in [-0.39, 0.29) is 36.1 Å². The van der Waals surface area contributed by atoms with Gasteiger partial charge in [0, 0.05) is 12.2 Å². The molecule has 1 aromatic rings. The summed E-state index contributed by atoms with van der Waals surface area (Å²) < 4.78 is 30.9. The van der Waals surface area contributed by atoms with E-state index in [9.17, 15) is 13.0 Å². The summed E-state index contributed by atoms with van der Waals surface area (Å²) in [5.74, 6) is -0.465. The Kier molecular flexibility index (Phi) is 7.28. The number of benzene rings is 1. The Bertz CT molecular complexity index is 453. The average molecular weight is 292 g/mol. The van der Waals surface area contributed by atoms with Crippen molar-refractivity contribution >= 4 is 39.0 Å². The molecule has 0 aliphatic heterocycles. The van der Waals surface area contributed by atoms with Gasteiger partial charge in [0.15, 0.2) is 0 Å². The van der Waals surface area contributed by atoms with Gasteiger partial charge in [-0.25, -0.2) is 8.42 Å². The van der Waals surface area contributed by atoms with Crippen molar-refractivity contribution in [1.82, 2.24) is 0 Å². The van der Waals surface area contributed by atoms with Crippen LogP contribution in [0.15, 0.2) is 18.2 Å². The third-order valence-electron chi connectivity index (χ3n) is 1.60. The van der Waals surface area contributed by atoms with Crippen molar-refractivity contribution in [2.45, 2.75) is 0 Å². The fourth-order valence-electron chi connectivity index (χ4n) is 0.926. The molecule has 0 atom stereocenters. The molecule has 0 spiro atoms. The first-order chi connectivity index (χ1) is 6.88. The SMILES string of the molecule is O=S(=O)([O-])CCNc1ccc(Cl)c(Cl)c1.[Na+]. The molecule has 0 fully saturated rings. The average Bonchev–Trinajstić information content (AvgIpc) is 2.09. The Labute approximate surface area is 126 Å². The Morgan fingerprint density at radius 1 is 1.25 bits per heavy atom. The number of hydrogen-bond donors (Lipinski definition) is 1. The van der Waals surface area contributed by atoms with Crippen LogP contribution in [0.3, 0.4) is 0 Å². The van der Waals surface area contributed by atoms with E-state index >= 15 is 0 Å². The minimum absolute atomic E-state index is 0. The van der Waals surface area contributed by atoms with E-state index in [4.69, 9.17) is 23.2 Å². The predicted molar refractivity (Wildman–Crippen MR) is 59.5 cm³/mol. The van der Waals surface area contributed by atoms with Crippen LogP contribution in [0, 0.1) is 0 Å². The van der Waals surface area contributed by atoms with E-state index in [1.165, 1.54) is 0 Å². The molecule has 0 heterocycles. The van der Waals surface area contributed by atoms with Crippen LogP contribution in [0.5, 0.6) is 0 Å². The largest absolute Gasteiger partial charge is 1.00 e. The monoisotopic (exact) mass is 291 g/mol. The standard InChI is InChI=1S/C8H9Cl2NO3S.Na/c9-7-2-1-6(5-8(7)10)11-3-4-15(12,13)14;/h1-2,5,11H,3-4H2,(H,12,13,14);/q;+1/p-1. The van der Waals surface area contributed by atoms with Gasteiger partial charge in [-0.3, -0.25) is 0 Å². The van der Waals surface area contributed by atoms with Crippen molar-refractivity contribution in [2.75, 3.05) is 17.6 Å². The first-order valence-corrected chi connectivity index (χ1v) is 6.34. The van der Waals surface area contributed by atoms with Crippen LogP contribution in [-0.4, -0.2) is 25.3 Å². The van der Waals surface area contributed by atoms with Crippen LogP contribution in [0.2, 0.25) is 10.0 Å². The van der Waals surface area contributed by atoms with Crippen molar-refractivity contribution in [3.63, 3.8) is 0 Å². The molecule has 0 radical (unpaired) electrons. The molecule has 0 bridgehead atoms. The summed E-state index contributed by atoms with van der Waals surface area (Å²) >= 11 is 11.4. The molecule has 0 amide bonds. The zero-order valence-corrected chi connectivity index (χ0v) is 12.9. The summed E-state index contributed by atoms with van der Waals surface area (Å²) in [6, 6.07) is 4.78. The van der Waals surface area contributed by atoms with Gasteiger partial charge in [0.2, 0.25) is 0 Å². The first-order valence-electron chi connectivity index (χ1n) is 4.01. The van der Waals surface area contributed by atoms with E-state index in [1.54, 1.807) is 18.2 Å². The summed E-state index contributed by atoms with van der Waals surface area (Å²) in [6.45, 7) is 0.0454. The van der Waals surface area contributed by atoms with E-state index in [1.807, 2.05) is 0 Å². The molecule has 0 aromatic heterocycles. The van der Waals surface area contributed by atoms with E-state index < -0.39 is 15.9 Å². The number of halogens is 2. The second kappa shape index (κ2) is 7.06. The van der Waals surface area contributed by atoms with Gasteiger partial charge in [0.1, 0.15) is 0 Å². The van der Waals surface area contributed by atoms with Crippen molar-refractivity contribution in [3.05, 3.63) is 28.2 Å². The molecule has 4 nitrogen and oxygen atoms in total. The van der Waals surface area contributed by atoms with Crippen LogP contribution in [0.4, 0.5) is 5.69 Å². The number of anilines is 1. The van der Waals surface area contributed by atoms with Crippen molar-refractivity contribution in [2.24, 2.45) is 0 Å². The summed E-state index contributed by atoms with van der Waals surface area (Å²) in [4.78, 5) is 0. The molecule has 0 unspecified atom stereocenters. The predicted octanol–water partition coefficient (Wildman–Crippen LogP) is -1.05. The summed E-state index contributed by atoms with van der Waals surface area (Å²) in [6.07, 6.45) is 0. The van der Waals surface area contributed by atoms with Gasteiger partial charge in [0.25, 0.3) is 0 Å². The van der Waals surface area contributed by atoms with Crippen LogP contribution < -0.4 is 34.9 Å². The van der Waals surface area contributed by atoms with Gasteiger partial charge in [-0.05, 0) is 18.2 Å². The Hall–Kier alpha value is 0.510. The number of hydrogen-bond acceptors (Lipinski definition) is 4. The van der Waals surface area contributed by atoms with Crippen LogP contribution in [0.1, 0.15) is 0 Å². The summed E-state index contributed by atoms with van der Waals surface area (Å²) in [7, 11) is -4.18. The molecule has 0 saturated heterocycles. The quantitative estimate of drug-likeness (QED) is 0.568. The number of nitrogens with one attached hydrogen (secondary N) is 1. The minimum Gasteiger partial charge on any atom is -0.748 e. The molecule has 1 aromatic carbocycles. The molecule has 0 aliphatic rings. The summed E-state index contributed by atoms with van der Waals surface area (Å²) in [5, 5.41) is 3.53. The van der Waals surface area contributed by atoms with Gasteiger partial charge in [-0.2, -0.15) is 0 Å². The fourth-order valence-corrected chi connectivity index (χ4v) is 1.58. The minimum atomic E-state index is -4.18.